The van der Waals surface area contributed by atoms with Gasteiger partial charge < -0.3 is 15.7 Å². The van der Waals surface area contributed by atoms with E-state index in [2.05, 4.69) is 10.1 Å². The zero-order chi connectivity index (χ0) is 20.4. The SMILES string of the molecule is CN(C)c1ccc(C=C2C(=O)N(c3ccc(C(=O)O)cc3)N=C2C(N)=O)nc1. The van der Waals surface area contributed by atoms with E-state index in [9.17, 15) is 14.4 Å². The standard InChI is InChI=1S/C19H17N5O4/c1-23(2)14-8-5-12(21-10-14)9-15-16(17(20)25)22-24(18(15)26)13-6-3-11(4-7-13)19(27)28/h3-10H,1-2H3,(H2,20,25)(H,27,28). The Kier molecular flexibility index (Phi) is 4.90. The Balaban J connectivity index is 1.96. The Bertz CT molecular complexity index is 1010. The van der Waals surface area contributed by atoms with Crippen LogP contribution in [-0.4, -0.2) is 47.7 Å². The number of anilines is 2. The lowest BCUT2D eigenvalue weighted by Crippen LogP contribution is -2.25. The molecule has 9 heteroatoms. The van der Waals surface area contributed by atoms with E-state index in [1.165, 1.54) is 30.3 Å². The second-order valence-electron chi connectivity index (χ2n) is 6.18. The lowest BCUT2D eigenvalue weighted by atomic mass is 10.1. The minimum atomic E-state index is -1.09. The van der Waals surface area contributed by atoms with Crippen molar-refractivity contribution in [3.63, 3.8) is 0 Å². The van der Waals surface area contributed by atoms with Crippen LogP contribution in [0.5, 0.6) is 0 Å². The van der Waals surface area contributed by atoms with E-state index in [0.29, 0.717) is 11.4 Å². The van der Waals surface area contributed by atoms with Crippen LogP contribution in [0, 0.1) is 0 Å². The van der Waals surface area contributed by atoms with Crippen LogP contribution in [0.25, 0.3) is 6.08 Å². The maximum Gasteiger partial charge on any atom is 0.335 e. The van der Waals surface area contributed by atoms with Crippen molar-refractivity contribution in [1.82, 2.24) is 4.98 Å². The summed E-state index contributed by atoms with van der Waals surface area (Å²) in [6, 6.07) is 9.06. The van der Waals surface area contributed by atoms with E-state index in [1.807, 2.05) is 25.1 Å². The fourth-order valence-electron chi connectivity index (χ4n) is 2.54. The molecule has 142 valence electrons. The fourth-order valence-corrected chi connectivity index (χ4v) is 2.54. The summed E-state index contributed by atoms with van der Waals surface area (Å²) < 4.78 is 0. The third-order valence-corrected chi connectivity index (χ3v) is 4.05. The molecule has 1 aliphatic rings. The van der Waals surface area contributed by atoms with Gasteiger partial charge in [0, 0.05) is 14.1 Å². The van der Waals surface area contributed by atoms with Gasteiger partial charge >= 0.3 is 5.97 Å². The second-order valence-corrected chi connectivity index (χ2v) is 6.18. The minimum absolute atomic E-state index is 0.0138. The van der Waals surface area contributed by atoms with Gasteiger partial charge in [-0.15, -0.1) is 0 Å². The molecule has 1 aromatic heterocycles. The Morgan fingerprint density at radius 1 is 1.14 bits per heavy atom. The molecule has 3 N–H and O–H groups in total. The molecule has 1 aliphatic heterocycles. The van der Waals surface area contributed by atoms with Crippen molar-refractivity contribution in [2.24, 2.45) is 10.8 Å². The second kappa shape index (κ2) is 7.31. The molecule has 0 fully saturated rings. The Morgan fingerprint density at radius 3 is 2.32 bits per heavy atom. The van der Waals surface area contributed by atoms with Crippen molar-refractivity contribution in [3.05, 3.63) is 59.4 Å². The normalized spacial score (nSPS) is 14.9. The number of hydrazone groups is 1. The van der Waals surface area contributed by atoms with Crippen molar-refractivity contribution in [2.45, 2.75) is 0 Å². The number of primary amides is 1. The van der Waals surface area contributed by atoms with Gasteiger partial charge in [0.05, 0.1) is 34.4 Å². The topological polar surface area (TPSA) is 129 Å². The first-order chi connectivity index (χ1) is 13.3. The van der Waals surface area contributed by atoms with Crippen molar-refractivity contribution < 1.29 is 19.5 Å². The van der Waals surface area contributed by atoms with E-state index in [4.69, 9.17) is 10.8 Å². The number of carboxylic acid groups (broad SMARTS) is 1. The molecule has 0 radical (unpaired) electrons. The van der Waals surface area contributed by atoms with E-state index < -0.39 is 17.8 Å². The number of carbonyl (C=O) groups is 3. The average molecular weight is 379 g/mol. The number of aromatic nitrogens is 1. The molecule has 9 nitrogen and oxygen atoms in total. The van der Waals surface area contributed by atoms with Gasteiger partial charge in [0.15, 0.2) is 5.71 Å². The lowest BCUT2D eigenvalue weighted by molar-refractivity contribution is -0.115. The van der Waals surface area contributed by atoms with Gasteiger partial charge in [0.2, 0.25) is 0 Å². The molecule has 0 spiro atoms. The van der Waals surface area contributed by atoms with Gasteiger partial charge in [0.25, 0.3) is 11.8 Å². The van der Waals surface area contributed by atoms with Gasteiger partial charge in [-0.25, -0.2) is 4.79 Å². The van der Waals surface area contributed by atoms with Crippen LogP contribution in [0.4, 0.5) is 11.4 Å². The number of benzene rings is 1. The quantitative estimate of drug-likeness (QED) is 0.749. The van der Waals surface area contributed by atoms with Crippen LogP contribution >= 0.6 is 0 Å². The lowest BCUT2D eigenvalue weighted by Gasteiger charge is -2.12. The average Bonchev–Trinajstić information content (AvgIpc) is 2.99. The molecule has 0 saturated heterocycles. The number of amides is 2. The zero-order valence-corrected chi connectivity index (χ0v) is 15.2. The summed E-state index contributed by atoms with van der Waals surface area (Å²) in [5.74, 6) is -2.50. The van der Waals surface area contributed by atoms with Crippen LogP contribution in [0.15, 0.2) is 53.3 Å². The molecule has 0 saturated carbocycles. The molecule has 2 amide bonds. The molecule has 3 rings (SSSR count). The van der Waals surface area contributed by atoms with E-state index in [1.54, 1.807) is 12.3 Å². The van der Waals surface area contributed by atoms with Crippen LogP contribution in [0.3, 0.4) is 0 Å². The highest BCUT2D eigenvalue weighted by Crippen LogP contribution is 2.25. The molecule has 0 aliphatic carbocycles. The third-order valence-electron chi connectivity index (χ3n) is 4.05. The van der Waals surface area contributed by atoms with E-state index in [-0.39, 0.29) is 16.8 Å². The Hall–Kier alpha value is -4.01. The summed E-state index contributed by atoms with van der Waals surface area (Å²) in [4.78, 5) is 41.7. The smallest absolute Gasteiger partial charge is 0.335 e. The molecule has 0 unspecified atom stereocenters. The summed E-state index contributed by atoms with van der Waals surface area (Å²) in [6.45, 7) is 0. The van der Waals surface area contributed by atoms with Crippen LogP contribution in [0.2, 0.25) is 0 Å². The first-order valence-corrected chi connectivity index (χ1v) is 8.19. The third kappa shape index (κ3) is 3.58. The number of pyridine rings is 1. The van der Waals surface area contributed by atoms with Crippen molar-refractivity contribution >= 4 is 40.9 Å². The molecule has 0 bridgehead atoms. The number of nitrogens with zero attached hydrogens (tertiary/aromatic N) is 4. The Labute approximate surface area is 160 Å². The first kappa shape index (κ1) is 18.8. The van der Waals surface area contributed by atoms with Gasteiger partial charge in [-0.05, 0) is 42.5 Å². The summed E-state index contributed by atoms with van der Waals surface area (Å²) in [5, 5.41) is 14.0. The van der Waals surface area contributed by atoms with Crippen molar-refractivity contribution in [3.8, 4) is 0 Å². The number of carboxylic acids is 1. The molecular weight excluding hydrogens is 362 g/mol. The van der Waals surface area contributed by atoms with Gasteiger partial charge in [-0.3, -0.25) is 14.6 Å². The molecule has 1 aromatic carbocycles. The van der Waals surface area contributed by atoms with Gasteiger partial charge in [-0.1, -0.05) is 0 Å². The highest BCUT2D eigenvalue weighted by Gasteiger charge is 2.34. The maximum atomic E-state index is 12.8. The zero-order valence-electron chi connectivity index (χ0n) is 15.2. The number of rotatable bonds is 5. The van der Waals surface area contributed by atoms with Crippen LogP contribution in [0.1, 0.15) is 16.1 Å². The number of hydrogen-bond acceptors (Lipinski definition) is 6. The number of nitrogens with two attached hydrogens (primary N) is 1. The van der Waals surface area contributed by atoms with E-state index >= 15 is 0 Å². The number of hydrogen-bond donors (Lipinski definition) is 2. The minimum Gasteiger partial charge on any atom is -0.478 e. The highest BCUT2D eigenvalue weighted by atomic mass is 16.4. The molecule has 0 atom stereocenters. The monoisotopic (exact) mass is 379 g/mol. The van der Waals surface area contributed by atoms with Crippen molar-refractivity contribution in [2.75, 3.05) is 24.0 Å². The molecule has 2 aromatic rings. The molecule has 28 heavy (non-hydrogen) atoms. The first-order valence-electron chi connectivity index (χ1n) is 8.19. The fraction of sp³-hybridized carbons (Fsp3) is 0.105. The van der Waals surface area contributed by atoms with Crippen LogP contribution in [-0.2, 0) is 9.59 Å². The maximum absolute atomic E-state index is 12.8. The summed E-state index contributed by atoms with van der Waals surface area (Å²) in [6.07, 6.45) is 3.08. The Morgan fingerprint density at radius 2 is 1.82 bits per heavy atom. The summed E-state index contributed by atoms with van der Waals surface area (Å²) in [7, 11) is 3.75. The van der Waals surface area contributed by atoms with Gasteiger partial charge in [-0.2, -0.15) is 10.1 Å². The van der Waals surface area contributed by atoms with Crippen molar-refractivity contribution in [1.29, 1.82) is 0 Å². The summed E-state index contributed by atoms with van der Waals surface area (Å²) in [5.41, 5.74) is 6.92. The van der Waals surface area contributed by atoms with Gasteiger partial charge in [0.1, 0.15) is 0 Å². The molecule has 2 heterocycles. The predicted octanol–water partition coefficient (Wildman–Crippen LogP) is 1.12. The molecular formula is C19H17N5O4. The highest BCUT2D eigenvalue weighted by molar-refractivity contribution is 6.55. The van der Waals surface area contributed by atoms with E-state index in [0.717, 1.165) is 10.7 Å². The largest absolute Gasteiger partial charge is 0.478 e. The van der Waals surface area contributed by atoms with Crippen LogP contribution < -0.4 is 15.6 Å². The predicted molar refractivity (Wildman–Crippen MR) is 104 cm³/mol. The number of aromatic carboxylic acids is 1. The number of carbonyl (C=O) groups excluding carboxylic acids is 2. The summed E-state index contributed by atoms with van der Waals surface area (Å²) >= 11 is 0.